The monoisotopic (exact) mass is 361 g/mol. The quantitative estimate of drug-likeness (QED) is 0.605. The number of pyridine rings is 1. The minimum atomic E-state index is -0.200. The molecule has 1 N–H and O–H groups in total. The van der Waals surface area contributed by atoms with Gasteiger partial charge < -0.3 is 9.88 Å². The Morgan fingerprint density at radius 3 is 2.74 bits per heavy atom. The number of carbonyl (C=O) groups is 1. The van der Waals surface area contributed by atoms with Crippen molar-refractivity contribution in [2.75, 3.05) is 0 Å². The molecule has 3 aromatic heterocycles. The predicted molar refractivity (Wildman–Crippen MR) is 103 cm³/mol. The van der Waals surface area contributed by atoms with Gasteiger partial charge in [-0.05, 0) is 49.2 Å². The van der Waals surface area contributed by atoms with Gasteiger partial charge in [-0.3, -0.25) is 14.6 Å². The summed E-state index contributed by atoms with van der Waals surface area (Å²) in [6.45, 7) is 4.77. The molecular weight excluding hydrogens is 342 g/mol. The second-order valence-corrected chi connectivity index (χ2v) is 6.43. The number of hydrogen-bond donors (Lipinski definition) is 1. The van der Waals surface area contributed by atoms with Crippen LogP contribution in [0.5, 0.6) is 0 Å². The highest BCUT2D eigenvalue weighted by atomic mass is 16.1. The molecule has 7 heteroatoms. The van der Waals surface area contributed by atoms with Gasteiger partial charge in [-0.2, -0.15) is 5.10 Å². The first kappa shape index (κ1) is 17.0. The normalized spacial score (nSPS) is 11.2. The van der Waals surface area contributed by atoms with Crippen molar-refractivity contribution in [3.8, 4) is 0 Å². The molecular formula is C20H19N5O2. The largest absolute Gasteiger partial charge is 0.348 e. The molecule has 0 bridgehead atoms. The van der Waals surface area contributed by atoms with Crippen LogP contribution in [0.2, 0.25) is 0 Å². The van der Waals surface area contributed by atoms with Crippen LogP contribution in [0.4, 0.5) is 0 Å². The fourth-order valence-electron chi connectivity index (χ4n) is 3.28. The maximum Gasteiger partial charge on any atom is 0.277 e. The number of nitrogens with one attached hydrogen (secondary N) is 1. The van der Waals surface area contributed by atoms with Crippen molar-refractivity contribution in [3.63, 3.8) is 0 Å². The van der Waals surface area contributed by atoms with Crippen LogP contribution in [0, 0.1) is 6.92 Å². The number of carbonyl (C=O) groups excluding carboxylic acids is 1. The first-order valence-electron chi connectivity index (χ1n) is 8.77. The van der Waals surface area contributed by atoms with Gasteiger partial charge in [-0.15, -0.1) is 0 Å². The van der Waals surface area contributed by atoms with Crippen LogP contribution in [0.15, 0.2) is 53.7 Å². The molecule has 0 saturated heterocycles. The second kappa shape index (κ2) is 6.68. The number of nitrogens with zero attached hydrogens (tertiary/aromatic N) is 4. The van der Waals surface area contributed by atoms with Gasteiger partial charge in [-0.1, -0.05) is 6.07 Å². The molecule has 136 valence electrons. The molecule has 0 radical (unpaired) electrons. The SMILES string of the molecule is CCn1c(=O)c2ccnn2c2ccc(C(=O)NCc3cncc(C)c3)cc21. The number of fused-ring (bicyclic) bond motifs is 3. The Morgan fingerprint density at radius 2 is 1.96 bits per heavy atom. The topological polar surface area (TPSA) is 81.3 Å². The summed E-state index contributed by atoms with van der Waals surface area (Å²) in [4.78, 5) is 29.4. The standard InChI is InChI=1S/C20H19N5O2/c1-3-24-18-9-15(19(26)22-12-14-8-13(2)10-21-11-14)4-5-16(18)25-17(20(24)27)6-7-23-25/h4-11H,3,12H2,1-2H3,(H,22,26). The maximum absolute atomic E-state index is 12.7. The summed E-state index contributed by atoms with van der Waals surface area (Å²) in [5.41, 5.74) is 4.35. The summed E-state index contributed by atoms with van der Waals surface area (Å²) in [6, 6.07) is 8.99. The molecule has 3 heterocycles. The first-order valence-corrected chi connectivity index (χ1v) is 8.77. The Hall–Kier alpha value is -3.48. The Morgan fingerprint density at radius 1 is 1.11 bits per heavy atom. The van der Waals surface area contributed by atoms with Crippen molar-refractivity contribution in [3.05, 3.63) is 76.0 Å². The van der Waals surface area contributed by atoms with Crippen molar-refractivity contribution in [1.29, 1.82) is 0 Å². The Balaban J connectivity index is 1.71. The van der Waals surface area contributed by atoms with Crippen LogP contribution in [0.1, 0.15) is 28.4 Å². The lowest BCUT2D eigenvalue weighted by Gasteiger charge is -2.12. The molecule has 4 rings (SSSR count). The van der Waals surface area contributed by atoms with Gasteiger partial charge >= 0.3 is 0 Å². The van der Waals surface area contributed by atoms with Crippen LogP contribution in [0.3, 0.4) is 0 Å². The van der Waals surface area contributed by atoms with Crippen molar-refractivity contribution in [1.82, 2.24) is 24.5 Å². The maximum atomic E-state index is 12.7. The zero-order valence-corrected chi connectivity index (χ0v) is 15.1. The molecule has 27 heavy (non-hydrogen) atoms. The Kier molecular flexibility index (Phi) is 4.19. The van der Waals surface area contributed by atoms with E-state index in [0.717, 1.165) is 16.6 Å². The van der Waals surface area contributed by atoms with E-state index in [-0.39, 0.29) is 11.5 Å². The highest BCUT2D eigenvalue weighted by molar-refractivity contribution is 5.97. The summed E-state index contributed by atoms with van der Waals surface area (Å²) in [7, 11) is 0. The lowest BCUT2D eigenvalue weighted by molar-refractivity contribution is 0.0951. The fourth-order valence-corrected chi connectivity index (χ4v) is 3.28. The average molecular weight is 361 g/mol. The van der Waals surface area contributed by atoms with E-state index in [4.69, 9.17) is 0 Å². The zero-order valence-electron chi connectivity index (χ0n) is 15.1. The smallest absolute Gasteiger partial charge is 0.277 e. The van der Waals surface area contributed by atoms with E-state index in [1.807, 2.05) is 26.0 Å². The van der Waals surface area contributed by atoms with E-state index < -0.39 is 0 Å². The summed E-state index contributed by atoms with van der Waals surface area (Å²) in [5, 5.41) is 7.14. The molecule has 0 atom stereocenters. The number of benzene rings is 1. The summed E-state index contributed by atoms with van der Waals surface area (Å²) >= 11 is 0. The third kappa shape index (κ3) is 2.97. The number of amides is 1. The van der Waals surface area contributed by atoms with Gasteiger partial charge in [0.1, 0.15) is 5.52 Å². The third-order valence-corrected chi connectivity index (χ3v) is 4.56. The average Bonchev–Trinajstić information content (AvgIpc) is 3.16. The Bertz CT molecular complexity index is 1220. The number of hydrogen-bond acceptors (Lipinski definition) is 4. The minimum Gasteiger partial charge on any atom is -0.348 e. The highest BCUT2D eigenvalue weighted by Crippen LogP contribution is 2.16. The minimum absolute atomic E-state index is 0.120. The fraction of sp³-hybridized carbons (Fsp3) is 0.200. The molecule has 1 amide bonds. The van der Waals surface area contributed by atoms with Gasteiger partial charge in [0.25, 0.3) is 11.5 Å². The zero-order chi connectivity index (χ0) is 19.0. The first-order chi connectivity index (χ1) is 13.1. The van der Waals surface area contributed by atoms with Gasteiger partial charge in [-0.25, -0.2) is 4.52 Å². The van der Waals surface area contributed by atoms with E-state index in [1.165, 1.54) is 0 Å². The number of rotatable bonds is 4. The lowest BCUT2D eigenvalue weighted by Crippen LogP contribution is -2.25. The van der Waals surface area contributed by atoms with Gasteiger partial charge in [0.2, 0.25) is 0 Å². The van der Waals surface area contributed by atoms with Crippen LogP contribution in [-0.2, 0) is 13.1 Å². The van der Waals surface area contributed by atoms with Gasteiger partial charge in [0, 0.05) is 31.0 Å². The molecule has 0 unspecified atom stereocenters. The van der Waals surface area contributed by atoms with E-state index in [1.54, 1.807) is 45.9 Å². The summed E-state index contributed by atoms with van der Waals surface area (Å²) < 4.78 is 3.28. The van der Waals surface area contributed by atoms with Crippen molar-refractivity contribution in [2.45, 2.75) is 26.9 Å². The van der Waals surface area contributed by atoms with Gasteiger partial charge in [0.05, 0.1) is 17.2 Å². The summed E-state index contributed by atoms with van der Waals surface area (Å²) in [5.74, 6) is -0.200. The van der Waals surface area contributed by atoms with Gasteiger partial charge in [0.15, 0.2) is 0 Å². The molecule has 0 aliphatic heterocycles. The molecule has 7 nitrogen and oxygen atoms in total. The van der Waals surface area contributed by atoms with Crippen molar-refractivity contribution >= 4 is 22.5 Å². The molecule has 0 aliphatic rings. The Labute approximate surface area is 155 Å². The van der Waals surface area contributed by atoms with Crippen molar-refractivity contribution in [2.24, 2.45) is 0 Å². The molecule has 0 saturated carbocycles. The number of aryl methyl sites for hydroxylation is 2. The van der Waals surface area contributed by atoms with Crippen LogP contribution in [-0.4, -0.2) is 25.1 Å². The number of aromatic nitrogens is 4. The van der Waals surface area contributed by atoms with Crippen molar-refractivity contribution < 1.29 is 4.79 Å². The third-order valence-electron chi connectivity index (χ3n) is 4.56. The summed E-state index contributed by atoms with van der Waals surface area (Å²) in [6.07, 6.45) is 5.11. The predicted octanol–water partition coefficient (Wildman–Crippen LogP) is 2.30. The molecule has 4 aromatic rings. The van der Waals surface area contributed by atoms with E-state index >= 15 is 0 Å². The van der Waals surface area contributed by atoms with E-state index in [0.29, 0.717) is 29.7 Å². The molecule has 0 fully saturated rings. The van der Waals surface area contributed by atoms with E-state index in [9.17, 15) is 9.59 Å². The molecule has 0 spiro atoms. The molecule has 1 aromatic carbocycles. The molecule has 0 aliphatic carbocycles. The van der Waals surface area contributed by atoms with Crippen LogP contribution >= 0.6 is 0 Å². The second-order valence-electron chi connectivity index (χ2n) is 6.43. The van der Waals surface area contributed by atoms with E-state index in [2.05, 4.69) is 15.4 Å². The highest BCUT2D eigenvalue weighted by Gasteiger charge is 2.13. The lowest BCUT2D eigenvalue weighted by atomic mass is 10.1. The van der Waals surface area contributed by atoms with Crippen LogP contribution in [0.25, 0.3) is 16.6 Å². The van der Waals surface area contributed by atoms with Crippen LogP contribution < -0.4 is 10.9 Å².